The molecule has 1 nitrogen and oxygen atoms in total. The average Bonchev–Trinajstić information content (AvgIpc) is 2.13. The van der Waals surface area contributed by atoms with Crippen molar-refractivity contribution < 1.29 is 86.6 Å². The maximum Gasteiger partial charge on any atom is 1.00 e. The van der Waals surface area contributed by atoms with Gasteiger partial charge in [-0.15, -0.1) is 0 Å². The Morgan fingerprint density at radius 3 is 2.16 bits per heavy atom. The summed E-state index contributed by atoms with van der Waals surface area (Å²) in [6, 6.07) is 1.43. The fourth-order valence-corrected chi connectivity index (χ4v) is 1.18. The number of halogens is 7. The molecule has 1 rings (SSSR count). The topological polar surface area (TPSA) is 9.23 Å². The minimum absolute atomic E-state index is 0. The monoisotopic (exact) mass is 314 g/mol. The standard InChI is InChI=1S/C9H7BF7O.K/c11-6-1-2-7(10(15,16)17)8(5-6)18-4-3-9(12,13)14;/h1-2,5H,3-4H2;/q-1;+1. The molecule has 0 radical (unpaired) electrons. The van der Waals surface area contributed by atoms with Crippen molar-refractivity contribution in [3.63, 3.8) is 0 Å². The van der Waals surface area contributed by atoms with Crippen molar-refractivity contribution >= 4 is 12.4 Å². The van der Waals surface area contributed by atoms with Gasteiger partial charge in [0, 0.05) is 6.07 Å². The zero-order valence-corrected chi connectivity index (χ0v) is 12.9. The first kappa shape index (κ1) is 19.2. The van der Waals surface area contributed by atoms with Gasteiger partial charge in [-0.05, 0) is 6.07 Å². The summed E-state index contributed by atoms with van der Waals surface area (Å²) in [5, 5.41) is 0. The number of alkyl halides is 3. The third-order valence-electron chi connectivity index (χ3n) is 1.97. The van der Waals surface area contributed by atoms with Crippen LogP contribution in [0.3, 0.4) is 0 Å². The van der Waals surface area contributed by atoms with Gasteiger partial charge < -0.3 is 17.7 Å². The molecule has 1 aromatic rings. The van der Waals surface area contributed by atoms with E-state index in [1.54, 1.807) is 0 Å². The Labute approximate surface area is 147 Å². The molecule has 0 atom stereocenters. The first-order valence-electron chi connectivity index (χ1n) is 4.78. The van der Waals surface area contributed by atoms with Crippen LogP contribution in [-0.4, -0.2) is 19.8 Å². The van der Waals surface area contributed by atoms with Gasteiger partial charge in [-0.3, -0.25) is 0 Å². The van der Waals surface area contributed by atoms with E-state index >= 15 is 0 Å². The van der Waals surface area contributed by atoms with E-state index in [2.05, 4.69) is 4.74 Å². The molecule has 0 aliphatic carbocycles. The minimum atomic E-state index is -5.47. The third kappa shape index (κ3) is 6.98. The summed E-state index contributed by atoms with van der Waals surface area (Å²) in [6.07, 6.45) is -5.95. The van der Waals surface area contributed by atoms with Crippen molar-refractivity contribution in [3.05, 3.63) is 24.0 Å². The SMILES string of the molecule is Fc1ccc([B-](F)(F)F)c(OCCC(F)(F)F)c1.[K+]. The van der Waals surface area contributed by atoms with Crippen LogP contribution in [0.2, 0.25) is 0 Å². The molecular formula is C9H7BF7KO. The zero-order chi connectivity index (χ0) is 14.0. The van der Waals surface area contributed by atoms with Crippen LogP contribution in [-0.2, 0) is 0 Å². The number of benzene rings is 1. The van der Waals surface area contributed by atoms with E-state index in [-0.39, 0.29) is 51.4 Å². The van der Waals surface area contributed by atoms with E-state index in [4.69, 9.17) is 0 Å². The number of hydrogen-bond acceptors (Lipinski definition) is 1. The number of hydrogen-bond donors (Lipinski definition) is 0. The second-order valence-corrected chi connectivity index (χ2v) is 3.47. The van der Waals surface area contributed by atoms with Gasteiger partial charge in [0.15, 0.2) is 0 Å². The summed E-state index contributed by atoms with van der Waals surface area (Å²) in [7, 11) is 0. The van der Waals surface area contributed by atoms with Gasteiger partial charge in [0.05, 0.1) is 18.8 Å². The molecule has 0 aromatic heterocycles. The van der Waals surface area contributed by atoms with Crippen LogP contribution in [0.5, 0.6) is 5.75 Å². The molecule has 1 aromatic carbocycles. The second-order valence-electron chi connectivity index (χ2n) is 3.47. The van der Waals surface area contributed by atoms with E-state index < -0.39 is 43.2 Å². The van der Waals surface area contributed by atoms with E-state index in [9.17, 15) is 30.5 Å². The van der Waals surface area contributed by atoms with Crippen LogP contribution in [0.15, 0.2) is 18.2 Å². The summed E-state index contributed by atoms with van der Waals surface area (Å²) in [4.78, 5) is 0. The third-order valence-corrected chi connectivity index (χ3v) is 1.97. The fraction of sp³-hybridized carbons (Fsp3) is 0.333. The van der Waals surface area contributed by atoms with E-state index in [1.165, 1.54) is 0 Å². The van der Waals surface area contributed by atoms with Crippen molar-refractivity contribution in [2.75, 3.05) is 6.61 Å². The Bertz CT molecular complexity index is 418. The Kier molecular flexibility index (Phi) is 7.39. The second kappa shape index (κ2) is 7.30. The molecule has 0 heterocycles. The Hall–Kier alpha value is 0.231. The molecule has 10 heteroatoms. The molecule has 19 heavy (non-hydrogen) atoms. The molecule has 0 saturated heterocycles. The summed E-state index contributed by atoms with van der Waals surface area (Å²) >= 11 is 0. The maximum absolute atomic E-state index is 12.7. The average molecular weight is 314 g/mol. The Morgan fingerprint density at radius 1 is 1.11 bits per heavy atom. The van der Waals surface area contributed by atoms with Crippen LogP contribution in [0.25, 0.3) is 0 Å². The summed E-state index contributed by atoms with van der Waals surface area (Å²) < 4.78 is 89.9. The van der Waals surface area contributed by atoms with Gasteiger partial charge in [0.2, 0.25) is 0 Å². The molecule has 0 fully saturated rings. The smallest absolute Gasteiger partial charge is 0.496 e. The van der Waals surface area contributed by atoms with Crippen LogP contribution < -0.4 is 61.6 Å². The van der Waals surface area contributed by atoms with Gasteiger partial charge in [-0.25, -0.2) is 4.39 Å². The molecule has 0 saturated carbocycles. The van der Waals surface area contributed by atoms with Gasteiger partial charge in [0.1, 0.15) is 5.82 Å². The Balaban J connectivity index is 0.00000324. The van der Waals surface area contributed by atoms with Crippen molar-refractivity contribution in [2.24, 2.45) is 0 Å². The van der Waals surface area contributed by atoms with Crippen LogP contribution in [0.4, 0.5) is 30.5 Å². The van der Waals surface area contributed by atoms with Crippen LogP contribution in [0, 0.1) is 5.82 Å². The van der Waals surface area contributed by atoms with Gasteiger partial charge >= 0.3 is 64.5 Å². The molecule has 0 aliphatic rings. The summed E-state index contributed by atoms with van der Waals surface area (Å²) in [6.45, 7) is -6.47. The Morgan fingerprint density at radius 2 is 1.68 bits per heavy atom. The van der Waals surface area contributed by atoms with Crippen LogP contribution in [0.1, 0.15) is 6.42 Å². The van der Waals surface area contributed by atoms with Crippen molar-refractivity contribution in [1.82, 2.24) is 0 Å². The number of ether oxygens (including phenoxy) is 1. The summed E-state index contributed by atoms with van der Waals surface area (Å²) in [5.41, 5.74) is -1.25. The quantitative estimate of drug-likeness (QED) is 0.571. The number of rotatable bonds is 4. The van der Waals surface area contributed by atoms with Crippen molar-refractivity contribution in [2.45, 2.75) is 12.6 Å². The fourth-order valence-electron chi connectivity index (χ4n) is 1.18. The molecule has 0 aliphatic heterocycles. The van der Waals surface area contributed by atoms with Crippen molar-refractivity contribution in [3.8, 4) is 5.75 Å². The molecule has 0 N–H and O–H groups in total. The first-order chi connectivity index (χ1) is 8.09. The van der Waals surface area contributed by atoms with E-state index in [1.807, 2.05) is 0 Å². The van der Waals surface area contributed by atoms with Gasteiger partial charge in [0.25, 0.3) is 0 Å². The first-order valence-corrected chi connectivity index (χ1v) is 4.78. The molecule has 0 amide bonds. The summed E-state index contributed by atoms with van der Waals surface area (Å²) in [5.74, 6) is -1.94. The molecule has 0 bridgehead atoms. The molecule has 0 spiro atoms. The predicted molar refractivity (Wildman–Crippen MR) is 51.3 cm³/mol. The largest absolute Gasteiger partial charge is 1.00 e. The molecule has 0 unspecified atom stereocenters. The van der Waals surface area contributed by atoms with Gasteiger partial charge in [-0.2, -0.15) is 13.2 Å². The zero-order valence-electron chi connectivity index (χ0n) is 9.78. The molecule has 102 valence electrons. The normalized spacial score (nSPS) is 11.9. The van der Waals surface area contributed by atoms with E-state index in [0.717, 1.165) is 0 Å². The maximum atomic E-state index is 12.7. The molecular weight excluding hydrogens is 307 g/mol. The van der Waals surface area contributed by atoms with E-state index in [0.29, 0.717) is 18.2 Å². The predicted octanol–water partition coefficient (Wildman–Crippen LogP) is 0.215. The van der Waals surface area contributed by atoms with Gasteiger partial charge in [-0.1, -0.05) is 11.5 Å². The van der Waals surface area contributed by atoms with Crippen LogP contribution >= 0.6 is 0 Å². The minimum Gasteiger partial charge on any atom is -0.496 e. The van der Waals surface area contributed by atoms with Crippen molar-refractivity contribution in [1.29, 1.82) is 0 Å².